The van der Waals surface area contributed by atoms with Crippen LogP contribution in [0.1, 0.15) is 33.6 Å². The zero-order valence-corrected chi connectivity index (χ0v) is 11.5. The maximum absolute atomic E-state index is 11.5. The van der Waals surface area contributed by atoms with Gasteiger partial charge in [-0.05, 0) is 52.2 Å². The van der Waals surface area contributed by atoms with E-state index in [1.807, 2.05) is 6.92 Å². The van der Waals surface area contributed by atoms with Gasteiger partial charge in [0.15, 0.2) is 0 Å². The molecular formula is C13H27N3O. The Kier molecular flexibility index (Phi) is 6.52. The Morgan fingerprint density at radius 2 is 1.94 bits per heavy atom. The fraction of sp³-hybridized carbons (Fsp3) is 0.923. The molecule has 1 saturated heterocycles. The Morgan fingerprint density at radius 3 is 2.47 bits per heavy atom. The highest BCUT2D eigenvalue weighted by atomic mass is 16.2. The average Bonchev–Trinajstić information content (AvgIpc) is 2.30. The summed E-state index contributed by atoms with van der Waals surface area (Å²) in [6.45, 7) is 10.8. The van der Waals surface area contributed by atoms with Gasteiger partial charge < -0.3 is 10.6 Å². The molecule has 100 valence electrons. The normalized spacial score (nSPS) is 20.2. The van der Waals surface area contributed by atoms with E-state index in [-0.39, 0.29) is 5.91 Å². The Morgan fingerprint density at radius 1 is 1.29 bits per heavy atom. The van der Waals surface area contributed by atoms with Crippen molar-refractivity contribution >= 4 is 5.91 Å². The molecule has 1 aliphatic heterocycles. The molecule has 0 bridgehead atoms. The van der Waals surface area contributed by atoms with Crippen LogP contribution in [0.15, 0.2) is 0 Å². The van der Waals surface area contributed by atoms with E-state index in [1.165, 1.54) is 12.8 Å². The van der Waals surface area contributed by atoms with Crippen molar-refractivity contribution in [2.75, 3.05) is 32.7 Å². The maximum atomic E-state index is 11.5. The van der Waals surface area contributed by atoms with Gasteiger partial charge >= 0.3 is 0 Å². The van der Waals surface area contributed by atoms with Crippen LogP contribution in [0.5, 0.6) is 0 Å². The first kappa shape index (κ1) is 14.5. The van der Waals surface area contributed by atoms with Crippen molar-refractivity contribution in [2.24, 2.45) is 5.92 Å². The summed E-state index contributed by atoms with van der Waals surface area (Å²) in [6.07, 6.45) is 2.40. The predicted octanol–water partition coefficient (Wildman–Crippen LogP) is 0.833. The SMILES string of the molecule is CCNC(=O)CN1CCC(C(C)NCC)CC1. The molecule has 4 heteroatoms. The second kappa shape index (κ2) is 7.67. The fourth-order valence-corrected chi connectivity index (χ4v) is 2.56. The Hall–Kier alpha value is -0.610. The molecule has 0 aromatic heterocycles. The molecule has 4 nitrogen and oxygen atoms in total. The Bertz CT molecular complexity index is 225. The van der Waals surface area contributed by atoms with E-state index in [1.54, 1.807) is 0 Å². The topological polar surface area (TPSA) is 44.4 Å². The monoisotopic (exact) mass is 241 g/mol. The Labute approximate surface area is 105 Å². The number of amides is 1. The third-order valence-electron chi connectivity index (χ3n) is 3.61. The van der Waals surface area contributed by atoms with Crippen LogP contribution in [0.3, 0.4) is 0 Å². The number of carbonyl (C=O) groups excluding carboxylic acids is 1. The molecule has 1 heterocycles. The lowest BCUT2D eigenvalue weighted by atomic mass is 9.90. The highest BCUT2D eigenvalue weighted by Gasteiger charge is 2.24. The van der Waals surface area contributed by atoms with Crippen LogP contribution < -0.4 is 10.6 Å². The summed E-state index contributed by atoms with van der Waals surface area (Å²) < 4.78 is 0. The number of likely N-dealkylation sites (N-methyl/N-ethyl adjacent to an activating group) is 1. The van der Waals surface area contributed by atoms with E-state index >= 15 is 0 Å². The summed E-state index contributed by atoms with van der Waals surface area (Å²) in [5, 5.41) is 6.35. The van der Waals surface area contributed by atoms with Crippen molar-refractivity contribution in [3.8, 4) is 0 Å². The largest absolute Gasteiger partial charge is 0.355 e. The minimum Gasteiger partial charge on any atom is -0.355 e. The quantitative estimate of drug-likeness (QED) is 0.724. The van der Waals surface area contributed by atoms with Gasteiger partial charge in [-0.3, -0.25) is 9.69 Å². The molecule has 2 N–H and O–H groups in total. The van der Waals surface area contributed by atoms with Gasteiger partial charge in [0.2, 0.25) is 5.91 Å². The van der Waals surface area contributed by atoms with Crippen LogP contribution in [0.4, 0.5) is 0 Å². The van der Waals surface area contributed by atoms with Gasteiger partial charge in [-0.15, -0.1) is 0 Å². The van der Waals surface area contributed by atoms with Crippen LogP contribution in [0.25, 0.3) is 0 Å². The summed E-state index contributed by atoms with van der Waals surface area (Å²) in [5.41, 5.74) is 0. The first-order valence-corrected chi connectivity index (χ1v) is 6.89. The summed E-state index contributed by atoms with van der Waals surface area (Å²) in [4.78, 5) is 13.7. The van der Waals surface area contributed by atoms with Gasteiger partial charge in [0, 0.05) is 12.6 Å². The predicted molar refractivity (Wildman–Crippen MR) is 71.0 cm³/mol. The number of piperidine rings is 1. The van der Waals surface area contributed by atoms with Crippen LogP contribution in [-0.4, -0.2) is 49.6 Å². The lowest BCUT2D eigenvalue weighted by Gasteiger charge is -2.34. The molecular weight excluding hydrogens is 214 g/mol. The van der Waals surface area contributed by atoms with Gasteiger partial charge in [-0.2, -0.15) is 0 Å². The van der Waals surface area contributed by atoms with Crippen molar-refractivity contribution in [2.45, 2.75) is 39.7 Å². The third-order valence-corrected chi connectivity index (χ3v) is 3.61. The van der Waals surface area contributed by atoms with Crippen molar-refractivity contribution in [3.05, 3.63) is 0 Å². The van der Waals surface area contributed by atoms with Gasteiger partial charge in [-0.25, -0.2) is 0 Å². The minimum absolute atomic E-state index is 0.158. The molecule has 1 unspecified atom stereocenters. The van der Waals surface area contributed by atoms with Gasteiger partial charge in [0.25, 0.3) is 0 Å². The molecule has 0 aromatic carbocycles. The van der Waals surface area contributed by atoms with E-state index in [2.05, 4.69) is 29.4 Å². The standard InChI is InChI=1S/C13H27N3O/c1-4-14-11(3)12-6-8-16(9-7-12)10-13(17)15-5-2/h11-12,14H,4-10H2,1-3H3,(H,15,17). The van der Waals surface area contributed by atoms with Crippen LogP contribution in [0, 0.1) is 5.92 Å². The number of rotatable bonds is 6. The highest BCUT2D eigenvalue weighted by molar-refractivity contribution is 5.77. The third kappa shape index (κ3) is 5.04. The lowest BCUT2D eigenvalue weighted by Crippen LogP contribution is -2.45. The molecule has 17 heavy (non-hydrogen) atoms. The van der Waals surface area contributed by atoms with Crippen molar-refractivity contribution in [3.63, 3.8) is 0 Å². The highest BCUT2D eigenvalue weighted by Crippen LogP contribution is 2.20. The average molecular weight is 241 g/mol. The molecule has 1 fully saturated rings. The van der Waals surface area contributed by atoms with E-state index in [0.29, 0.717) is 12.6 Å². The van der Waals surface area contributed by atoms with E-state index in [0.717, 1.165) is 32.1 Å². The molecule has 0 radical (unpaired) electrons. The number of carbonyl (C=O) groups is 1. The zero-order valence-electron chi connectivity index (χ0n) is 11.5. The van der Waals surface area contributed by atoms with Crippen LogP contribution in [-0.2, 0) is 4.79 Å². The van der Waals surface area contributed by atoms with Gasteiger partial charge in [0.05, 0.1) is 6.54 Å². The molecule has 1 aliphatic rings. The van der Waals surface area contributed by atoms with E-state index in [4.69, 9.17) is 0 Å². The number of likely N-dealkylation sites (tertiary alicyclic amines) is 1. The van der Waals surface area contributed by atoms with Gasteiger partial charge in [0.1, 0.15) is 0 Å². The summed E-state index contributed by atoms with van der Waals surface area (Å²) >= 11 is 0. The first-order valence-electron chi connectivity index (χ1n) is 6.89. The summed E-state index contributed by atoms with van der Waals surface area (Å²) in [7, 11) is 0. The molecule has 1 atom stereocenters. The van der Waals surface area contributed by atoms with E-state index in [9.17, 15) is 4.79 Å². The number of hydrogen-bond acceptors (Lipinski definition) is 3. The molecule has 0 aromatic rings. The maximum Gasteiger partial charge on any atom is 0.234 e. The smallest absolute Gasteiger partial charge is 0.234 e. The Balaban J connectivity index is 2.23. The first-order chi connectivity index (χ1) is 8.17. The molecule has 0 saturated carbocycles. The lowest BCUT2D eigenvalue weighted by molar-refractivity contribution is -0.122. The zero-order chi connectivity index (χ0) is 12.7. The number of hydrogen-bond donors (Lipinski definition) is 2. The van der Waals surface area contributed by atoms with Crippen LogP contribution in [0.2, 0.25) is 0 Å². The fourth-order valence-electron chi connectivity index (χ4n) is 2.56. The second-order valence-electron chi connectivity index (χ2n) is 4.91. The van der Waals surface area contributed by atoms with Crippen molar-refractivity contribution in [1.82, 2.24) is 15.5 Å². The second-order valence-corrected chi connectivity index (χ2v) is 4.91. The van der Waals surface area contributed by atoms with Crippen molar-refractivity contribution < 1.29 is 4.79 Å². The minimum atomic E-state index is 0.158. The number of nitrogens with one attached hydrogen (secondary N) is 2. The molecule has 0 spiro atoms. The van der Waals surface area contributed by atoms with Crippen LogP contribution >= 0.6 is 0 Å². The molecule has 1 amide bonds. The summed E-state index contributed by atoms with van der Waals surface area (Å²) in [5.74, 6) is 0.922. The number of nitrogens with zero attached hydrogens (tertiary/aromatic N) is 1. The van der Waals surface area contributed by atoms with Crippen molar-refractivity contribution in [1.29, 1.82) is 0 Å². The molecule has 1 rings (SSSR count). The molecule has 0 aliphatic carbocycles. The summed E-state index contributed by atoms with van der Waals surface area (Å²) in [6, 6.07) is 0.603. The van der Waals surface area contributed by atoms with Gasteiger partial charge in [-0.1, -0.05) is 6.92 Å². The van der Waals surface area contributed by atoms with E-state index < -0.39 is 0 Å².